The molecule has 0 saturated carbocycles. The molecule has 0 spiro atoms. The zero-order chi connectivity index (χ0) is 12.3. The van der Waals surface area contributed by atoms with Gasteiger partial charge in [-0.3, -0.25) is 0 Å². The van der Waals surface area contributed by atoms with Crippen LogP contribution in [0, 0.1) is 0 Å². The van der Waals surface area contributed by atoms with Gasteiger partial charge in [0.15, 0.2) is 5.13 Å². The molecule has 0 amide bonds. The zero-order valence-electron chi connectivity index (χ0n) is 10.6. The number of nitrogens with zero attached hydrogens (tertiary/aromatic N) is 3. The predicted octanol–water partition coefficient (Wildman–Crippen LogP) is 2.28. The van der Waals surface area contributed by atoms with Crippen LogP contribution in [0.3, 0.4) is 0 Å². The second kappa shape index (κ2) is 6.07. The van der Waals surface area contributed by atoms with E-state index >= 15 is 0 Å². The van der Waals surface area contributed by atoms with Crippen molar-refractivity contribution in [3.8, 4) is 0 Å². The largest absolute Gasteiger partial charge is 0.346 e. The van der Waals surface area contributed by atoms with Crippen molar-refractivity contribution >= 4 is 29.1 Å². The van der Waals surface area contributed by atoms with Crippen molar-refractivity contribution in [2.75, 3.05) is 38.1 Å². The minimum absolute atomic E-state index is 0.820. The fourth-order valence-corrected chi connectivity index (χ4v) is 3.45. The highest BCUT2D eigenvalue weighted by Gasteiger charge is 2.19. The number of likely N-dealkylation sites (N-methyl/N-ethyl adjacent to an activating group) is 1. The Morgan fingerprint density at radius 2 is 2.00 bits per heavy atom. The van der Waals surface area contributed by atoms with E-state index in [-0.39, 0.29) is 0 Å². The van der Waals surface area contributed by atoms with Gasteiger partial charge in [0.1, 0.15) is 0 Å². The Balaban J connectivity index is 2.10. The summed E-state index contributed by atoms with van der Waals surface area (Å²) in [6.45, 7) is 6.68. The van der Waals surface area contributed by atoms with Gasteiger partial charge in [0, 0.05) is 36.8 Å². The number of thiol groups is 1. The van der Waals surface area contributed by atoms with Gasteiger partial charge in [0.25, 0.3) is 0 Å². The Bertz CT molecular complexity index is 357. The van der Waals surface area contributed by atoms with Gasteiger partial charge in [-0.05, 0) is 13.5 Å². The number of hydrogen-bond acceptors (Lipinski definition) is 5. The molecule has 0 N–H and O–H groups in total. The maximum atomic E-state index is 4.80. The monoisotopic (exact) mass is 271 g/mol. The minimum atomic E-state index is 0.820. The summed E-state index contributed by atoms with van der Waals surface area (Å²) in [4.78, 5) is 10.9. The highest BCUT2D eigenvalue weighted by molar-refractivity contribution is 7.79. The van der Waals surface area contributed by atoms with Crippen LogP contribution < -0.4 is 4.90 Å². The van der Waals surface area contributed by atoms with E-state index in [2.05, 4.69) is 36.4 Å². The number of hydrogen-bond donors (Lipinski definition) is 1. The molecule has 1 aromatic rings. The third-order valence-corrected chi connectivity index (χ3v) is 4.86. The number of aromatic nitrogens is 1. The predicted molar refractivity (Wildman–Crippen MR) is 78.5 cm³/mol. The molecule has 2 heterocycles. The fourth-order valence-electron chi connectivity index (χ4n) is 2.06. The molecule has 0 atom stereocenters. The molecule has 2 rings (SSSR count). The SMILES string of the molecule is CCCc1nc(N2CCN(C)CC2)sc1CS. The van der Waals surface area contributed by atoms with Crippen LogP contribution in [0.4, 0.5) is 5.13 Å². The van der Waals surface area contributed by atoms with Crippen LogP contribution in [0.15, 0.2) is 0 Å². The summed E-state index contributed by atoms with van der Waals surface area (Å²) < 4.78 is 0. The topological polar surface area (TPSA) is 19.4 Å². The molecule has 3 nitrogen and oxygen atoms in total. The third kappa shape index (κ3) is 3.14. The molecule has 1 saturated heterocycles. The summed E-state index contributed by atoms with van der Waals surface area (Å²) >= 11 is 6.23. The lowest BCUT2D eigenvalue weighted by Crippen LogP contribution is -2.44. The van der Waals surface area contributed by atoms with Crippen LogP contribution >= 0.6 is 24.0 Å². The Morgan fingerprint density at radius 3 is 2.59 bits per heavy atom. The third-order valence-electron chi connectivity index (χ3n) is 3.17. The van der Waals surface area contributed by atoms with Crippen LogP contribution in [0.2, 0.25) is 0 Å². The molecule has 0 bridgehead atoms. The Labute approximate surface area is 113 Å². The molecule has 1 aromatic heterocycles. The molecular formula is C12H21N3S2. The van der Waals surface area contributed by atoms with Gasteiger partial charge < -0.3 is 9.80 Å². The van der Waals surface area contributed by atoms with E-state index in [1.165, 1.54) is 15.7 Å². The van der Waals surface area contributed by atoms with Crippen molar-refractivity contribution < 1.29 is 0 Å². The second-order valence-electron chi connectivity index (χ2n) is 4.56. The van der Waals surface area contributed by atoms with Gasteiger partial charge in [-0.2, -0.15) is 12.6 Å². The first-order valence-corrected chi connectivity index (χ1v) is 7.72. The van der Waals surface area contributed by atoms with Gasteiger partial charge in [0.2, 0.25) is 0 Å². The lowest BCUT2D eigenvalue weighted by Gasteiger charge is -2.32. The van der Waals surface area contributed by atoms with E-state index in [4.69, 9.17) is 4.98 Å². The smallest absolute Gasteiger partial charge is 0.185 e. The van der Waals surface area contributed by atoms with Gasteiger partial charge in [-0.25, -0.2) is 4.98 Å². The first-order chi connectivity index (χ1) is 8.24. The summed E-state index contributed by atoms with van der Waals surface area (Å²) in [5.74, 6) is 0.820. The summed E-state index contributed by atoms with van der Waals surface area (Å²) in [6, 6.07) is 0. The summed E-state index contributed by atoms with van der Waals surface area (Å²) in [7, 11) is 2.18. The summed E-state index contributed by atoms with van der Waals surface area (Å²) in [6.07, 6.45) is 2.24. The molecule has 1 aliphatic rings. The molecule has 0 unspecified atom stereocenters. The van der Waals surface area contributed by atoms with E-state index in [9.17, 15) is 0 Å². The molecule has 17 heavy (non-hydrogen) atoms. The molecule has 96 valence electrons. The average Bonchev–Trinajstić information content (AvgIpc) is 2.74. The van der Waals surface area contributed by atoms with E-state index in [0.717, 1.165) is 44.8 Å². The fraction of sp³-hybridized carbons (Fsp3) is 0.750. The van der Waals surface area contributed by atoms with Gasteiger partial charge >= 0.3 is 0 Å². The van der Waals surface area contributed by atoms with Crippen molar-refractivity contribution in [1.82, 2.24) is 9.88 Å². The Kier molecular flexibility index (Phi) is 4.70. The molecule has 1 aliphatic heterocycles. The van der Waals surface area contributed by atoms with Crippen LogP contribution in [-0.4, -0.2) is 43.1 Å². The molecule has 0 radical (unpaired) electrons. The lowest BCUT2D eigenvalue weighted by molar-refractivity contribution is 0.312. The van der Waals surface area contributed by atoms with E-state index in [1.54, 1.807) is 0 Å². The normalized spacial score (nSPS) is 17.7. The van der Waals surface area contributed by atoms with Crippen molar-refractivity contribution in [2.45, 2.75) is 25.5 Å². The standard InChI is InChI=1S/C12H21N3S2/c1-3-4-10-11(9-16)17-12(13-10)15-7-5-14(2)6-8-15/h16H,3-9H2,1-2H3. The van der Waals surface area contributed by atoms with E-state index in [1.807, 2.05) is 11.3 Å². The first kappa shape index (κ1) is 13.2. The number of thiazole rings is 1. The van der Waals surface area contributed by atoms with Crippen LogP contribution in [0.1, 0.15) is 23.9 Å². The lowest BCUT2D eigenvalue weighted by atomic mass is 10.2. The molecule has 0 aliphatic carbocycles. The second-order valence-corrected chi connectivity index (χ2v) is 5.94. The minimum Gasteiger partial charge on any atom is -0.346 e. The van der Waals surface area contributed by atoms with Crippen LogP contribution in [0.25, 0.3) is 0 Å². The van der Waals surface area contributed by atoms with Crippen molar-refractivity contribution in [3.63, 3.8) is 0 Å². The average molecular weight is 271 g/mol. The zero-order valence-corrected chi connectivity index (χ0v) is 12.4. The highest BCUT2D eigenvalue weighted by atomic mass is 32.1. The van der Waals surface area contributed by atoms with Crippen LogP contribution in [0.5, 0.6) is 0 Å². The van der Waals surface area contributed by atoms with Crippen molar-refractivity contribution in [2.24, 2.45) is 0 Å². The van der Waals surface area contributed by atoms with Crippen molar-refractivity contribution in [1.29, 1.82) is 0 Å². The van der Waals surface area contributed by atoms with Gasteiger partial charge in [-0.1, -0.05) is 13.3 Å². The molecule has 0 aromatic carbocycles. The van der Waals surface area contributed by atoms with Crippen LogP contribution in [-0.2, 0) is 12.2 Å². The highest BCUT2D eigenvalue weighted by Crippen LogP contribution is 2.29. The molecule has 1 fully saturated rings. The van der Waals surface area contributed by atoms with E-state index < -0.39 is 0 Å². The maximum Gasteiger partial charge on any atom is 0.185 e. The Hall–Kier alpha value is -0.260. The van der Waals surface area contributed by atoms with Gasteiger partial charge in [-0.15, -0.1) is 11.3 Å². The Morgan fingerprint density at radius 1 is 1.29 bits per heavy atom. The quantitative estimate of drug-likeness (QED) is 0.848. The van der Waals surface area contributed by atoms with Gasteiger partial charge in [0.05, 0.1) is 5.69 Å². The maximum absolute atomic E-state index is 4.80. The number of aryl methyl sites for hydroxylation is 1. The first-order valence-electron chi connectivity index (χ1n) is 6.27. The summed E-state index contributed by atoms with van der Waals surface area (Å²) in [5, 5.41) is 1.20. The molecular weight excluding hydrogens is 250 g/mol. The number of rotatable bonds is 4. The number of piperazine rings is 1. The number of anilines is 1. The van der Waals surface area contributed by atoms with E-state index in [0.29, 0.717) is 0 Å². The van der Waals surface area contributed by atoms with Crippen molar-refractivity contribution in [3.05, 3.63) is 10.6 Å². The summed E-state index contributed by atoms with van der Waals surface area (Å²) in [5.41, 5.74) is 1.27. The molecule has 5 heteroatoms.